The van der Waals surface area contributed by atoms with Gasteiger partial charge >= 0.3 is 0 Å². The third-order valence-corrected chi connectivity index (χ3v) is 8.41. The molecule has 0 aromatic heterocycles. The van der Waals surface area contributed by atoms with Gasteiger partial charge in [-0.2, -0.15) is 0 Å². The van der Waals surface area contributed by atoms with Crippen LogP contribution >= 0.6 is 11.8 Å². The fourth-order valence-corrected chi connectivity index (χ4v) is 5.76. The van der Waals surface area contributed by atoms with Crippen LogP contribution in [0.4, 0.5) is 0 Å². The Kier molecular flexibility index (Phi) is 10.4. The lowest BCUT2D eigenvalue weighted by molar-refractivity contribution is -0.123. The Morgan fingerprint density at radius 1 is 1.03 bits per heavy atom. The van der Waals surface area contributed by atoms with E-state index in [0.29, 0.717) is 12.0 Å². The van der Waals surface area contributed by atoms with Crippen LogP contribution in [-0.2, 0) is 11.2 Å². The molecular formula is C28H37NO8S. The summed E-state index contributed by atoms with van der Waals surface area (Å²) in [5.41, 5.74) is 3.04. The highest BCUT2D eigenvalue weighted by Gasteiger charge is 2.44. The highest BCUT2D eigenvalue weighted by molar-refractivity contribution is 8.00. The minimum atomic E-state index is -1.44. The summed E-state index contributed by atoms with van der Waals surface area (Å²) in [7, 11) is 0. The van der Waals surface area contributed by atoms with Crippen LogP contribution in [0.2, 0.25) is 0 Å². The number of benzene rings is 2. The maximum atomic E-state index is 12.1. The van der Waals surface area contributed by atoms with Crippen molar-refractivity contribution in [3.63, 3.8) is 0 Å². The molecule has 3 rings (SSSR count). The van der Waals surface area contributed by atoms with Gasteiger partial charge in [0.2, 0.25) is 5.91 Å². The number of hydrogen-bond acceptors (Lipinski definition) is 9. The standard InChI is InChI=1S/C28H37NO8S/c1-16-10-21(33)20(27-26(37)25(36)24(35)22(13-30)38-27)12-19(16)11-18-8-6-17(7-9-18)4-3-5-23(34)29-28(2,14-31)15-32/h3-4,6-10,12,22,24-27,30-33,35-37H,5,11,13-15H2,1-2H3,(H,29,34)/b4-3+/t22-,24-,25+,26-,27+/m1/s1. The maximum Gasteiger partial charge on any atom is 0.224 e. The lowest BCUT2D eigenvalue weighted by Gasteiger charge is -2.40. The normalized spacial score (nSPS) is 24.1. The van der Waals surface area contributed by atoms with Crippen molar-refractivity contribution >= 4 is 23.7 Å². The number of aryl methyl sites for hydroxylation is 1. The number of rotatable bonds is 10. The van der Waals surface area contributed by atoms with E-state index in [4.69, 9.17) is 0 Å². The largest absolute Gasteiger partial charge is 0.508 e. The zero-order valence-corrected chi connectivity index (χ0v) is 22.3. The minimum Gasteiger partial charge on any atom is -0.508 e. The SMILES string of the molecule is Cc1cc(O)c([C@@H]2S[C@H](CO)[C@@H](O)[C@H](O)[C@H]2O)cc1Cc1ccc(/C=C/CC(=O)NC(C)(CO)CO)cc1. The lowest BCUT2D eigenvalue weighted by Crippen LogP contribution is -2.51. The molecule has 1 aliphatic rings. The monoisotopic (exact) mass is 547 g/mol. The van der Waals surface area contributed by atoms with Crippen molar-refractivity contribution in [1.29, 1.82) is 0 Å². The van der Waals surface area contributed by atoms with E-state index < -0.39 is 34.4 Å². The molecule has 1 aliphatic heterocycles. The van der Waals surface area contributed by atoms with Crippen LogP contribution in [0.25, 0.3) is 6.08 Å². The van der Waals surface area contributed by atoms with Crippen LogP contribution in [0.15, 0.2) is 42.5 Å². The molecule has 9 nitrogen and oxygen atoms in total. The third-order valence-electron chi connectivity index (χ3n) is 6.81. The molecule has 8 N–H and O–H groups in total. The van der Waals surface area contributed by atoms with E-state index in [9.17, 15) is 40.5 Å². The van der Waals surface area contributed by atoms with E-state index in [1.54, 1.807) is 25.1 Å². The number of carbonyl (C=O) groups is 1. The number of aromatic hydroxyl groups is 1. The summed E-state index contributed by atoms with van der Waals surface area (Å²) in [4.78, 5) is 12.1. The Morgan fingerprint density at radius 2 is 1.68 bits per heavy atom. The molecule has 0 spiro atoms. The summed E-state index contributed by atoms with van der Waals surface area (Å²) >= 11 is 1.13. The average molecular weight is 548 g/mol. The minimum absolute atomic E-state index is 0.0223. The predicted octanol–water partition coefficient (Wildman–Crippen LogP) is 0.786. The van der Waals surface area contributed by atoms with Gasteiger partial charge in [-0.25, -0.2) is 0 Å². The van der Waals surface area contributed by atoms with Crippen LogP contribution in [0.1, 0.15) is 46.4 Å². The highest BCUT2D eigenvalue weighted by atomic mass is 32.2. The Hall–Kier alpha value is -2.44. The number of aliphatic hydroxyl groups is 6. The molecule has 0 unspecified atom stereocenters. The molecule has 38 heavy (non-hydrogen) atoms. The molecule has 0 aliphatic carbocycles. The maximum absolute atomic E-state index is 12.1. The molecule has 2 aromatic rings. The van der Waals surface area contributed by atoms with Gasteiger partial charge in [0.25, 0.3) is 0 Å². The molecule has 10 heteroatoms. The van der Waals surface area contributed by atoms with Gasteiger partial charge in [-0.15, -0.1) is 11.8 Å². The van der Waals surface area contributed by atoms with E-state index >= 15 is 0 Å². The van der Waals surface area contributed by atoms with Gasteiger partial charge in [0.1, 0.15) is 11.9 Å². The number of thioether (sulfide) groups is 1. The molecule has 0 saturated carbocycles. The second-order valence-corrected chi connectivity index (χ2v) is 11.4. The van der Waals surface area contributed by atoms with Gasteiger partial charge in [0, 0.05) is 12.0 Å². The van der Waals surface area contributed by atoms with Crippen LogP contribution in [0.3, 0.4) is 0 Å². The van der Waals surface area contributed by atoms with Gasteiger partial charge < -0.3 is 41.1 Å². The molecule has 1 saturated heterocycles. The number of aliphatic hydroxyl groups excluding tert-OH is 6. The molecule has 2 aromatic carbocycles. The number of phenols is 1. The lowest BCUT2D eigenvalue weighted by atomic mass is 9.92. The summed E-state index contributed by atoms with van der Waals surface area (Å²) in [6.07, 6.45) is 0.133. The van der Waals surface area contributed by atoms with E-state index in [1.165, 1.54) is 0 Å². The first-order chi connectivity index (χ1) is 18.0. The summed E-state index contributed by atoms with van der Waals surface area (Å²) < 4.78 is 0. The average Bonchev–Trinajstić information content (AvgIpc) is 2.90. The Morgan fingerprint density at radius 3 is 2.29 bits per heavy atom. The van der Waals surface area contributed by atoms with Gasteiger partial charge in [-0.05, 0) is 48.6 Å². The summed E-state index contributed by atoms with van der Waals surface area (Å²) in [5, 5.41) is 70.9. The number of nitrogens with one attached hydrogen (secondary N) is 1. The molecular weight excluding hydrogens is 510 g/mol. The van der Waals surface area contributed by atoms with Crippen molar-refractivity contribution in [1.82, 2.24) is 5.32 Å². The zero-order valence-electron chi connectivity index (χ0n) is 21.5. The fraction of sp³-hybridized carbons (Fsp3) is 0.464. The molecule has 1 fully saturated rings. The third kappa shape index (κ3) is 7.15. The van der Waals surface area contributed by atoms with E-state index in [-0.39, 0.29) is 37.9 Å². The summed E-state index contributed by atoms with van der Waals surface area (Å²) in [5.74, 6) is -0.332. The van der Waals surface area contributed by atoms with Crippen molar-refractivity contribution in [2.45, 2.75) is 61.0 Å². The van der Waals surface area contributed by atoms with Crippen molar-refractivity contribution in [3.05, 3.63) is 70.3 Å². The van der Waals surface area contributed by atoms with Gasteiger partial charge in [0.05, 0.1) is 48.1 Å². The Labute approximate surface area is 226 Å². The summed E-state index contributed by atoms with van der Waals surface area (Å²) in [6, 6.07) is 11.1. The van der Waals surface area contributed by atoms with Gasteiger partial charge in [-0.1, -0.05) is 42.5 Å². The van der Waals surface area contributed by atoms with Gasteiger partial charge in [0.15, 0.2) is 0 Å². The number of carbonyl (C=O) groups excluding carboxylic acids is 1. The van der Waals surface area contributed by atoms with E-state index in [0.717, 1.165) is 34.0 Å². The smallest absolute Gasteiger partial charge is 0.224 e. The van der Waals surface area contributed by atoms with Crippen molar-refractivity contribution in [3.8, 4) is 5.75 Å². The zero-order chi connectivity index (χ0) is 28.0. The quantitative estimate of drug-likeness (QED) is 0.214. The van der Waals surface area contributed by atoms with Crippen LogP contribution < -0.4 is 5.32 Å². The van der Waals surface area contributed by atoms with E-state index in [2.05, 4.69) is 5.32 Å². The molecule has 0 bridgehead atoms. The molecule has 1 heterocycles. The topological polar surface area (TPSA) is 171 Å². The van der Waals surface area contributed by atoms with Crippen molar-refractivity contribution in [2.24, 2.45) is 0 Å². The fourth-order valence-electron chi connectivity index (χ4n) is 4.32. The Balaban J connectivity index is 1.70. The number of hydrogen-bond donors (Lipinski definition) is 8. The van der Waals surface area contributed by atoms with Crippen LogP contribution in [0.5, 0.6) is 5.75 Å². The Bertz CT molecular complexity index is 1120. The van der Waals surface area contributed by atoms with Gasteiger partial charge in [-0.3, -0.25) is 4.79 Å². The van der Waals surface area contributed by atoms with Crippen LogP contribution in [0, 0.1) is 6.92 Å². The molecule has 5 atom stereocenters. The highest BCUT2D eigenvalue weighted by Crippen LogP contribution is 2.46. The van der Waals surface area contributed by atoms with Crippen molar-refractivity contribution < 1.29 is 40.5 Å². The number of phenolic OH excluding ortho intramolecular Hbond substituents is 1. The second kappa shape index (κ2) is 13.1. The predicted molar refractivity (Wildman–Crippen MR) is 146 cm³/mol. The first-order valence-corrected chi connectivity index (χ1v) is 13.4. The molecule has 1 amide bonds. The first-order valence-electron chi connectivity index (χ1n) is 12.4. The number of amides is 1. The summed E-state index contributed by atoms with van der Waals surface area (Å²) in [6.45, 7) is 2.33. The second-order valence-electron chi connectivity index (χ2n) is 10.0. The first kappa shape index (κ1) is 30.1. The van der Waals surface area contributed by atoms with Crippen LogP contribution in [-0.4, -0.2) is 90.6 Å². The molecule has 208 valence electrons. The van der Waals surface area contributed by atoms with E-state index in [1.807, 2.05) is 37.3 Å². The molecule has 0 radical (unpaired) electrons. The van der Waals surface area contributed by atoms with Crippen molar-refractivity contribution in [2.75, 3.05) is 19.8 Å².